The molecule has 0 aromatic heterocycles. The number of aliphatic hydroxyl groups is 1. The highest BCUT2D eigenvalue weighted by Gasteiger charge is 2.44. The van der Waals surface area contributed by atoms with Crippen LogP contribution in [-0.4, -0.2) is 28.7 Å². The van der Waals surface area contributed by atoms with Gasteiger partial charge >= 0.3 is 0 Å². The standard InChI is InChI=1S/C15H30N2O2/c1-11-7-6-8-15(9-11,10-18)17-12(19)13(2,3)14(4,5)16/h11,18H,6-10,16H2,1-5H3,(H,17,19). The van der Waals surface area contributed by atoms with E-state index < -0.39 is 16.5 Å². The van der Waals surface area contributed by atoms with Gasteiger partial charge in [-0.25, -0.2) is 0 Å². The fourth-order valence-corrected chi connectivity index (χ4v) is 2.65. The van der Waals surface area contributed by atoms with Crippen LogP contribution in [0, 0.1) is 11.3 Å². The number of carbonyl (C=O) groups excluding carboxylic acids is 1. The summed E-state index contributed by atoms with van der Waals surface area (Å²) in [6.07, 6.45) is 3.91. The summed E-state index contributed by atoms with van der Waals surface area (Å²) in [5, 5.41) is 12.8. The van der Waals surface area contributed by atoms with Crippen molar-refractivity contribution < 1.29 is 9.90 Å². The van der Waals surface area contributed by atoms with Gasteiger partial charge < -0.3 is 16.2 Å². The summed E-state index contributed by atoms with van der Waals surface area (Å²) in [5.74, 6) is 0.471. The summed E-state index contributed by atoms with van der Waals surface area (Å²) >= 11 is 0. The van der Waals surface area contributed by atoms with Gasteiger partial charge in [0.2, 0.25) is 5.91 Å². The Morgan fingerprint density at radius 1 is 1.42 bits per heavy atom. The van der Waals surface area contributed by atoms with Crippen molar-refractivity contribution in [1.29, 1.82) is 0 Å². The third kappa shape index (κ3) is 3.48. The molecule has 112 valence electrons. The number of aliphatic hydroxyl groups excluding tert-OH is 1. The molecule has 1 fully saturated rings. The van der Waals surface area contributed by atoms with E-state index in [1.54, 1.807) is 0 Å². The summed E-state index contributed by atoms with van der Waals surface area (Å²) in [6.45, 7) is 9.63. The number of nitrogens with one attached hydrogen (secondary N) is 1. The maximum atomic E-state index is 12.5. The molecular weight excluding hydrogens is 240 g/mol. The monoisotopic (exact) mass is 270 g/mol. The van der Waals surface area contributed by atoms with E-state index in [0.717, 1.165) is 19.3 Å². The molecule has 2 unspecified atom stereocenters. The topological polar surface area (TPSA) is 75.3 Å². The third-order valence-corrected chi connectivity index (χ3v) is 4.95. The van der Waals surface area contributed by atoms with Crippen LogP contribution in [0.3, 0.4) is 0 Å². The first-order chi connectivity index (χ1) is 8.54. The van der Waals surface area contributed by atoms with Gasteiger partial charge in [0.25, 0.3) is 0 Å². The lowest BCUT2D eigenvalue weighted by molar-refractivity contribution is -0.135. The van der Waals surface area contributed by atoms with Crippen LogP contribution < -0.4 is 11.1 Å². The van der Waals surface area contributed by atoms with Gasteiger partial charge in [0.05, 0.1) is 17.6 Å². The van der Waals surface area contributed by atoms with Gasteiger partial charge in [-0.2, -0.15) is 0 Å². The van der Waals surface area contributed by atoms with Gasteiger partial charge in [0.15, 0.2) is 0 Å². The van der Waals surface area contributed by atoms with Crippen LogP contribution in [0.1, 0.15) is 60.3 Å². The lowest BCUT2D eigenvalue weighted by Gasteiger charge is -2.44. The molecule has 0 aromatic rings. The molecule has 1 rings (SSSR count). The maximum absolute atomic E-state index is 12.5. The number of nitrogens with two attached hydrogens (primary N) is 1. The second-order valence-corrected chi connectivity index (χ2v) is 7.44. The van der Waals surface area contributed by atoms with Gasteiger partial charge in [0, 0.05) is 5.54 Å². The van der Waals surface area contributed by atoms with E-state index in [1.807, 2.05) is 27.7 Å². The first kappa shape index (κ1) is 16.4. The number of carbonyl (C=O) groups is 1. The molecule has 4 N–H and O–H groups in total. The number of hydrogen-bond acceptors (Lipinski definition) is 3. The predicted molar refractivity (Wildman–Crippen MR) is 77.6 cm³/mol. The van der Waals surface area contributed by atoms with Crippen molar-refractivity contribution in [2.45, 2.75) is 71.4 Å². The quantitative estimate of drug-likeness (QED) is 0.729. The fraction of sp³-hybridized carbons (Fsp3) is 0.933. The van der Waals surface area contributed by atoms with Crippen molar-refractivity contribution in [3.8, 4) is 0 Å². The molecule has 0 bridgehead atoms. The van der Waals surface area contributed by atoms with E-state index in [4.69, 9.17) is 5.73 Å². The first-order valence-corrected chi connectivity index (χ1v) is 7.26. The maximum Gasteiger partial charge on any atom is 0.228 e. The van der Waals surface area contributed by atoms with Gasteiger partial charge in [0.1, 0.15) is 0 Å². The van der Waals surface area contributed by atoms with Crippen molar-refractivity contribution in [3.05, 3.63) is 0 Å². The minimum atomic E-state index is -0.671. The number of hydrogen-bond donors (Lipinski definition) is 3. The van der Waals surface area contributed by atoms with Crippen molar-refractivity contribution in [1.82, 2.24) is 5.32 Å². The van der Waals surface area contributed by atoms with Crippen LogP contribution in [0.15, 0.2) is 0 Å². The molecule has 1 aliphatic rings. The Hall–Kier alpha value is -0.610. The van der Waals surface area contributed by atoms with Crippen molar-refractivity contribution >= 4 is 5.91 Å². The van der Waals surface area contributed by atoms with E-state index >= 15 is 0 Å². The average molecular weight is 270 g/mol. The lowest BCUT2D eigenvalue weighted by atomic mass is 9.72. The van der Waals surface area contributed by atoms with Gasteiger partial charge in [-0.15, -0.1) is 0 Å². The SMILES string of the molecule is CC1CCCC(CO)(NC(=O)C(C)(C)C(C)(C)N)C1. The molecular formula is C15H30N2O2. The lowest BCUT2D eigenvalue weighted by Crippen LogP contribution is -2.62. The Morgan fingerprint density at radius 2 is 2.00 bits per heavy atom. The molecule has 1 amide bonds. The molecule has 0 radical (unpaired) electrons. The zero-order valence-electron chi connectivity index (χ0n) is 13.0. The minimum absolute atomic E-state index is 0.00413. The fourth-order valence-electron chi connectivity index (χ4n) is 2.65. The molecule has 4 nitrogen and oxygen atoms in total. The van der Waals surface area contributed by atoms with E-state index in [9.17, 15) is 9.90 Å². The van der Waals surface area contributed by atoms with Crippen LogP contribution in [0.4, 0.5) is 0 Å². The average Bonchev–Trinajstić information content (AvgIpc) is 2.27. The summed E-state index contributed by atoms with van der Waals surface area (Å²) in [5.41, 5.74) is 4.37. The van der Waals surface area contributed by atoms with Gasteiger partial charge in [-0.05, 0) is 46.5 Å². The Morgan fingerprint density at radius 3 is 2.42 bits per heavy atom. The molecule has 0 saturated heterocycles. The molecule has 19 heavy (non-hydrogen) atoms. The summed E-state index contributed by atoms with van der Waals surface area (Å²) in [6, 6.07) is 0. The van der Waals surface area contributed by atoms with E-state index in [-0.39, 0.29) is 12.5 Å². The van der Waals surface area contributed by atoms with Crippen LogP contribution in [0.2, 0.25) is 0 Å². The van der Waals surface area contributed by atoms with Crippen LogP contribution in [-0.2, 0) is 4.79 Å². The Labute approximate surface area is 117 Å². The van der Waals surface area contributed by atoms with Crippen molar-refractivity contribution in [2.24, 2.45) is 17.1 Å². The highest BCUT2D eigenvalue weighted by molar-refractivity contribution is 5.84. The summed E-state index contributed by atoms with van der Waals surface area (Å²) in [4.78, 5) is 12.5. The van der Waals surface area contributed by atoms with E-state index in [2.05, 4.69) is 12.2 Å². The number of amides is 1. The van der Waals surface area contributed by atoms with Crippen molar-refractivity contribution in [3.63, 3.8) is 0 Å². The van der Waals surface area contributed by atoms with E-state index in [0.29, 0.717) is 5.92 Å². The molecule has 1 aliphatic carbocycles. The molecule has 4 heteroatoms. The molecule has 0 aliphatic heterocycles. The first-order valence-electron chi connectivity index (χ1n) is 7.26. The highest BCUT2D eigenvalue weighted by atomic mass is 16.3. The molecule has 2 atom stereocenters. The second kappa shape index (κ2) is 5.41. The van der Waals surface area contributed by atoms with Gasteiger partial charge in [-0.3, -0.25) is 4.79 Å². The third-order valence-electron chi connectivity index (χ3n) is 4.95. The summed E-state index contributed by atoms with van der Waals surface area (Å²) < 4.78 is 0. The molecule has 1 saturated carbocycles. The normalized spacial score (nSPS) is 29.1. The van der Waals surface area contributed by atoms with Crippen LogP contribution in [0.25, 0.3) is 0 Å². The van der Waals surface area contributed by atoms with E-state index in [1.165, 1.54) is 6.42 Å². The largest absolute Gasteiger partial charge is 0.394 e. The Kier molecular flexibility index (Phi) is 4.68. The molecule has 0 aromatic carbocycles. The molecule has 0 heterocycles. The number of rotatable bonds is 4. The van der Waals surface area contributed by atoms with Gasteiger partial charge in [-0.1, -0.05) is 19.8 Å². The second-order valence-electron chi connectivity index (χ2n) is 7.44. The summed E-state index contributed by atoms with van der Waals surface area (Å²) in [7, 11) is 0. The Bertz CT molecular complexity index is 334. The zero-order chi connectivity index (χ0) is 14.9. The van der Waals surface area contributed by atoms with Crippen LogP contribution in [0.5, 0.6) is 0 Å². The van der Waals surface area contributed by atoms with Crippen LogP contribution >= 0.6 is 0 Å². The minimum Gasteiger partial charge on any atom is -0.394 e. The predicted octanol–water partition coefficient (Wildman–Crippen LogP) is 1.81. The van der Waals surface area contributed by atoms with Crippen molar-refractivity contribution in [2.75, 3.05) is 6.61 Å². The Balaban J connectivity index is 2.84. The molecule has 0 spiro atoms. The highest BCUT2D eigenvalue weighted by Crippen LogP contribution is 2.35. The zero-order valence-corrected chi connectivity index (χ0v) is 13.0. The smallest absolute Gasteiger partial charge is 0.228 e.